The Hall–Kier alpha value is -0.860. The number of hydrogen-bond acceptors (Lipinski definition) is 2. The summed E-state index contributed by atoms with van der Waals surface area (Å²) in [6.45, 7) is 1.06. The molecule has 0 N–H and O–H groups in total. The fraction of sp³-hybridized carbons (Fsp3) is 0.333. The van der Waals surface area contributed by atoms with Crippen LogP contribution in [0.4, 0.5) is 0 Å². The molecule has 1 fully saturated rings. The molecule has 2 heteroatoms. The second-order valence-corrected chi connectivity index (χ2v) is 3.05. The van der Waals surface area contributed by atoms with Crippen LogP contribution in [0.1, 0.15) is 17.4 Å². The SMILES string of the molecule is c1ccc2c(c1)CCN1OC21. The zero-order valence-corrected chi connectivity index (χ0v) is 6.16. The van der Waals surface area contributed by atoms with E-state index in [2.05, 4.69) is 24.3 Å². The number of hydroxylamine groups is 2. The van der Waals surface area contributed by atoms with Crippen molar-refractivity contribution in [2.75, 3.05) is 6.54 Å². The standard InChI is InChI=1S/C9H9NO/c1-2-4-8-7(3-1)5-6-10-9(8)11-10/h1-4,9H,5-6H2. The van der Waals surface area contributed by atoms with E-state index in [4.69, 9.17) is 4.84 Å². The highest BCUT2D eigenvalue weighted by molar-refractivity contribution is 5.32. The average Bonchev–Trinajstić information content (AvgIpc) is 2.83. The van der Waals surface area contributed by atoms with Gasteiger partial charge in [-0.05, 0) is 12.0 Å². The molecule has 1 aromatic rings. The highest BCUT2D eigenvalue weighted by atomic mass is 16.8. The number of rotatable bonds is 0. The van der Waals surface area contributed by atoms with Crippen LogP contribution in [0.2, 0.25) is 0 Å². The first-order valence-corrected chi connectivity index (χ1v) is 3.96. The molecule has 1 saturated heterocycles. The lowest BCUT2D eigenvalue weighted by Gasteiger charge is -2.10. The molecule has 1 aromatic carbocycles. The highest BCUT2D eigenvalue weighted by Gasteiger charge is 2.41. The summed E-state index contributed by atoms with van der Waals surface area (Å²) in [7, 11) is 0. The number of fused-ring (bicyclic) bond motifs is 3. The normalized spacial score (nSPS) is 32.4. The van der Waals surface area contributed by atoms with Gasteiger partial charge in [0.1, 0.15) is 0 Å². The van der Waals surface area contributed by atoms with Crippen molar-refractivity contribution in [2.45, 2.75) is 12.6 Å². The number of nitrogens with zero attached hydrogens (tertiary/aromatic N) is 1. The number of benzene rings is 1. The molecule has 0 spiro atoms. The Kier molecular flexibility index (Phi) is 0.962. The first-order chi connectivity index (χ1) is 5.45. The summed E-state index contributed by atoms with van der Waals surface area (Å²) < 4.78 is 0. The maximum atomic E-state index is 5.34. The van der Waals surface area contributed by atoms with Crippen molar-refractivity contribution in [2.24, 2.45) is 0 Å². The molecule has 0 bridgehead atoms. The maximum absolute atomic E-state index is 5.34. The van der Waals surface area contributed by atoms with E-state index in [1.54, 1.807) is 0 Å². The van der Waals surface area contributed by atoms with Crippen LogP contribution in [0.25, 0.3) is 0 Å². The molecule has 0 radical (unpaired) electrons. The molecule has 0 saturated carbocycles. The Labute approximate surface area is 65.3 Å². The van der Waals surface area contributed by atoms with Crippen LogP contribution in [0.5, 0.6) is 0 Å². The van der Waals surface area contributed by atoms with Gasteiger partial charge in [0.25, 0.3) is 0 Å². The third-order valence-corrected chi connectivity index (χ3v) is 2.37. The molecular formula is C9H9NO. The van der Waals surface area contributed by atoms with Gasteiger partial charge in [-0.25, -0.2) is 0 Å². The third kappa shape index (κ3) is 0.737. The summed E-state index contributed by atoms with van der Waals surface area (Å²) in [5, 5.41) is 2.03. The summed E-state index contributed by atoms with van der Waals surface area (Å²) in [6.07, 6.45) is 1.42. The Morgan fingerprint density at radius 3 is 3.27 bits per heavy atom. The van der Waals surface area contributed by atoms with E-state index in [1.807, 2.05) is 5.06 Å². The topological polar surface area (TPSA) is 15.5 Å². The largest absolute Gasteiger partial charge is 0.270 e. The van der Waals surface area contributed by atoms with E-state index in [-0.39, 0.29) is 0 Å². The highest BCUT2D eigenvalue weighted by Crippen LogP contribution is 2.41. The zero-order valence-electron chi connectivity index (χ0n) is 6.16. The van der Waals surface area contributed by atoms with Crippen LogP contribution < -0.4 is 0 Å². The van der Waals surface area contributed by atoms with E-state index in [9.17, 15) is 0 Å². The summed E-state index contributed by atoms with van der Waals surface area (Å²) in [5.74, 6) is 0. The van der Waals surface area contributed by atoms with Gasteiger partial charge in [0.05, 0.1) is 0 Å². The molecule has 0 aliphatic carbocycles. The molecule has 3 rings (SSSR count). The second kappa shape index (κ2) is 1.84. The predicted molar refractivity (Wildman–Crippen MR) is 40.7 cm³/mol. The van der Waals surface area contributed by atoms with Crippen molar-refractivity contribution < 1.29 is 4.84 Å². The molecule has 2 aliphatic heterocycles. The predicted octanol–water partition coefficient (Wildman–Crippen LogP) is 1.49. The third-order valence-electron chi connectivity index (χ3n) is 2.37. The van der Waals surface area contributed by atoms with Crippen molar-refractivity contribution in [3.8, 4) is 0 Å². The van der Waals surface area contributed by atoms with Gasteiger partial charge in [0.15, 0.2) is 6.23 Å². The molecular weight excluding hydrogens is 138 g/mol. The number of hydrogen-bond donors (Lipinski definition) is 0. The Balaban J connectivity index is 2.14. The van der Waals surface area contributed by atoms with Crippen LogP contribution in [-0.2, 0) is 11.3 Å². The van der Waals surface area contributed by atoms with Gasteiger partial charge in [0, 0.05) is 12.1 Å². The van der Waals surface area contributed by atoms with Gasteiger partial charge in [-0.1, -0.05) is 24.3 Å². The molecule has 2 atom stereocenters. The van der Waals surface area contributed by atoms with E-state index in [1.165, 1.54) is 11.1 Å². The maximum Gasteiger partial charge on any atom is 0.180 e. The monoisotopic (exact) mass is 147 g/mol. The van der Waals surface area contributed by atoms with Crippen LogP contribution in [-0.4, -0.2) is 11.6 Å². The van der Waals surface area contributed by atoms with E-state index < -0.39 is 0 Å². The van der Waals surface area contributed by atoms with Gasteiger partial charge in [-0.15, -0.1) is 0 Å². The summed E-state index contributed by atoms with van der Waals surface area (Å²) in [6, 6.07) is 8.51. The van der Waals surface area contributed by atoms with E-state index in [0.717, 1.165) is 13.0 Å². The lowest BCUT2D eigenvalue weighted by Crippen LogP contribution is -2.11. The molecule has 2 unspecified atom stereocenters. The summed E-state index contributed by atoms with van der Waals surface area (Å²) in [5.41, 5.74) is 2.81. The molecule has 0 aromatic heterocycles. The first kappa shape index (κ1) is 5.75. The lowest BCUT2D eigenvalue weighted by molar-refractivity contribution is 0.202. The van der Waals surface area contributed by atoms with Gasteiger partial charge in [-0.3, -0.25) is 4.84 Å². The Morgan fingerprint density at radius 2 is 2.27 bits per heavy atom. The van der Waals surface area contributed by atoms with Gasteiger partial charge in [-0.2, -0.15) is 5.06 Å². The molecule has 56 valence electrons. The van der Waals surface area contributed by atoms with Crippen molar-refractivity contribution in [3.05, 3.63) is 35.4 Å². The van der Waals surface area contributed by atoms with E-state index in [0.29, 0.717) is 6.23 Å². The van der Waals surface area contributed by atoms with Gasteiger partial charge in [0.2, 0.25) is 0 Å². The second-order valence-electron chi connectivity index (χ2n) is 3.05. The van der Waals surface area contributed by atoms with Crippen LogP contribution in [0.15, 0.2) is 24.3 Å². The summed E-state index contributed by atoms with van der Waals surface area (Å²) >= 11 is 0. The average molecular weight is 147 g/mol. The Morgan fingerprint density at radius 1 is 1.36 bits per heavy atom. The smallest absolute Gasteiger partial charge is 0.180 e. The van der Waals surface area contributed by atoms with Crippen LogP contribution in [0, 0.1) is 0 Å². The minimum absolute atomic E-state index is 0.292. The van der Waals surface area contributed by atoms with Gasteiger partial charge < -0.3 is 0 Å². The zero-order chi connectivity index (χ0) is 7.26. The minimum atomic E-state index is 0.292. The fourth-order valence-corrected chi connectivity index (χ4v) is 1.72. The molecule has 2 heterocycles. The van der Waals surface area contributed by atoms with Crippen molar-refractivity contribution in [3.63, 3.8) is 0 Å². The molecule has 2 aliphatic rings. The summed E-state index contributed by atoms with van der Waals surface area (Å²) in [4.78, 5) is 5.34. The quantitative estimate of drug-likeness (QED) is 0.516. The van der Waals surface area contributed by atoms with Gasteiger partial charge >= 0.3 is 0 Å². The minimum Gasteiger partial charge on any atom is -0.270 e. The van der Waals surface area contributed by atoms with Crippen molar-refractivity contribution >= 4 is 0 Å². The first-order valence-electron chi connectivity index (χ1n) is 3.96. The van der Waals surface area contributed by atoms with E-state index >= 15 is 0 Å². The molecule has 0 amide bonds. The Bertz CT molecular complexity index is 297. The van der Waals surface area contributed by atoms with Crippen LogP contribution in [0.3, 0.4) is 0 Å². The molecule has 11 heavy (non-hydrogen) atoms. The lowest BCUT2D eigenvalue weighted by atomic mass is 10.0. The van der Waals surface area contributed by atoms with Crippen molar-refractivity contribution in [1.82, 2.24) is 5.06 Å². The fourth-order valence-electron chi connectivity index (χ4n) is 1.72. The van der Waals surface area contributed by atoms with Crippen LogP contribution >= 0.6 is 0 Å². The molecule has 2 nitrogen and oxygen atoms in total. The van der Waals surface area contributed by atoms with Crippen molar-refractivity contribution in [1.29, 1.82) is 0 Å².